The number of nitrogens with one attached hydrogen (secondary N) is 2. The van der Waals surface area contributed by atoms with Gasteiger partial charge < -0.3 is 9.47 Å². The van der Waals surface area contributed by atoms with Gasteiger partial charge in [-0.05, 0) is 73.5 Å². The maximum atomic E-state index is 12.5. The first-order valence-corrected chi connectivity index (χ1v) is 17.1. The van der Waals surface area contributed by atoms with Crippen molar-refractivity contribution < 1.29 is 28.7 Å². The molecule has 2 N–H and O–H groups in total. The molecule has 0 aliphatic carbocycles. The summed E-state index contributed by atoms with van der Waals surface area (Å²) in [4.78, 5) is 49.5. The molecular weight excluding hydrogens is 756 g/mol. The van der Waals surface area contributed by atoms with Crippen LogP contribution in [-0.4, -0.2) is 36.2 Å². The van der Waals surface area contributed by atoms with E-state index in [0.29, 0.717) is 59.4 Å². The highest BCUT2D eigenvalue weighted by Gasteiger charge is 2.13. The molecule has 10 nitrogen and oxygen atoms in total. The summed E-state index contributed by atoms with van der Waals surface area (Å²) in [5, 5.41) is 8.06. The van der Waals surface area contributed by atoms with Crippen LogP contribution in [0.3, 0.4) is 0 Å². The van der Waals surface area contributed by atoms with E-state index in [4.69, 9.17) is 9.47 Å². The third-order valence-electron chi connectivity index (χ3n) is 6.96. The molecule has 12 heteroatoms. The zero-order valence-corrected chi connectivity index (χ0v) is 29.6. The van der Waals surface area contributed by atoms with Gasteiger partial charge in [0, 0.05) is 32.9 Å². The van der Waals surface area contributed by atoms with Gasteiger partial charge in [-0.2, -0.15) is 10.2 Å². The molecule has 0 fully saturated rings. The van der Waals surface area contributed by atoms with Crippen molar-refractivity contribution in [3.05, 3.63) is 128 Å². The zero-order chi connectivity index (χ0) is 34.8. The van der Waals surface area contributed by atoms with Gasteiger partial charge in [-0.25, -0.2) is 20.4 Å². The van der Waals surface area contributed by atoms with Crippen LogP contribution in [0.25, 0.3) is 0 Å². The summed E-state index contributed by atoms with van der Waals surface area (Å²) in [6.45, 7) is 0. The fourth-order valence-electron chi connectivity index (χ4n) is 4.45. The second-order valence-electron chi connectivity index (χ2n) is 10.7. The standard InChI is InChI=1S/C37H34Br2N4O6/c38-30-18-20-32(48-36(46)26-12-6-4-7-13-26)28(22-30)24-40-42-34(44)16-10-2-1-3-11-17-35(45)43-41-25-29-23-31(39)19-21-33(29)49-37(47)27-14-8-5-9-15-27/h4-9,12-15,18-25H,1-3,10-11,16-17H2,(H,42,44)(H,43,45)/b40-24-,41-25-. The summed E-state index contributed by atoms with van der Waals surface area (Å²) >= 11 is 6.80. The van der Waals surface area contributed by atoms with Gasteiger partial charge in [0.05, 0.1) is 23.6 Å². The van der Waals surface area contributed by atoms with Crippen molar-refractivity contribution in [2.45, 2.75) is 44.9 Å². The minimum Gasteiger partial charge on any atom is -0.422 e. The van der Waals surface area contributed by atoms with Crippen LogP contribution < -0.4 is 20.3 Å². The number of hydrogen-bond donors (Lipinski definition) is 2. The topological polar surface area (TPSA) is 136 Å². The molecule has 0 aliphatic heterocycles. The molecule has 2 amide bonds. The minimum absolute atomic E-state index is 0.227. The first-order chi connectivity index (χ1) is 23.8. The van der Waals surface area contributed by atoms with Gasteiger partial charge in [0.25, 0.3) is 0 Å². The van der Waals surface area contributed by atoms with E-state index < -0.39 is 11.9 Å². The van der Waals surface area contributed by atoms with Crippen LogP contribution in [0.2, 0.25) is 0 Å². The number of benzene rings is 4. The third-order valence-corrected chi connectivity index (χ3v) is 7.95. The molecular formula is C37H34Br2N4O6. The van der Waals surface area contributed by atoms with Crippen LogP contribution in [-0.2, 0) is 9.59 Å². The monoisotopic (exact) mass is 788 g/mol. The Hall–Kier alpha value is -4.94. The van der Waals surface area contributed by atoms with Gasteiger partial charge >= 0.3 is 11.9 Å². The smallest absolute Gasteiger partial charge is 0.343 e. The molecule has 0 spiro atoms. The average molecular weight is 791 g/mol. The van der Waals surface area contributed by atoms with E-state index in [1.54, 1.807) is 84.9 Å². The fourth-order valence-corrected chi connectivity index (χ4v) is 5.21. The number of rotatable bonds is 16. The number of ether oxygens (including phenoxy) is 2. The molecule has 0 aliphatic rings. The average Bonchev–Trinajstić information content (AvgIpc) is 3.10. The number of hydrazone groups is 2. The summed E-state index contributed by atoms with van der Waals surface area (Å²) in [6, 6.07) is 27.6. The van der Waals surface area contributed by atoms with E-state index in [9.17, 15) is 19.2 Å². The highest BCUT2D eigenvalue weighted by molar-refractivity contribution is 9.10. The molecule has 0 atom stereocenters. The molecule has 4 rings (SSSR count). The molecule has 0 heterocycles. The number of nitrogens with zero attached hydrogens (tertiary/aromatic N) is 2. The number of unbranched alkanes of at least 4 members (excludes halogenated alkanes) is 4. The first-order valence-electron chi connectivity index (χ1n) is 15.6. The van der Waals surface area contributed by atoms with Gasteiger partial charge in [-0.1, -0.05) is 87.5 Å². The Morgan fingerprint density at radius 1 is 0.551 bits per heavy atom. The van der Waals surface area contributed by atoms with E-state index in [0.717, 1.165) is 28.2 Å². The molecule has 4 aromatic rings. The number of carbonyl (C=O) groups is 4. The third kappa shape index (κ3) is 12.9. The molecule has 252 valence electrons. The highest BCUT2D eigenvalue weighted by atomic mass is 79.9. The lowest BCUT2D eigenvalue weighted by Gasteiger charge is -2.08. The van der Waals surface area contributed by atoms with Gasteiger partial charge in [-0.15, -0.1) is 0 Å². The molecule has 4 aromatic carbocycles. The lowest BCUT2D eigenvalue weighted by Crippen LogP contribution is -2.17. The molecule has 0 bridgehead atoms. The summed E-state index contributed by atoms with van der Waals surface area (Å²) in [6.07, 6.45) is 7.36. The summed E-state index contributed by atoms with van der Waals surface area (Å²) in [5.74, 6) is -0.811. The van der Waals surface area contributed by atoms with Crippen molar-refractivity contribution >= 4 is 68.0 Å². The Morgan fingerprint density at radius 2 is 0.939 bits per heavy atom. The van der Waals surface area contributed by atoms with Gasteiger partial charge in [0.1, 0.15) is 11.5 Å². The quantitative estimate of drug-likeness (QED) is 0.0389. The largest absolute Gasteiger partial charge is 0.422 e. The van der Waals surface area contributed by atoms with Crippen LogP contribution in [0.5, 0.6) is 11.5 Å². The van der Waals surface area contributed by atoms with Crippen molar-refractivity contribution in [3.8, 4) is 11.5 Å². The predicted molar refractivity (Wildman–Crippen MR) is 195 cm³/mol. The van der Waals surface area contributed by atoms with E-state index in [-0.39, 0.29) is 11.8 Å². The van der Waals surface area contributed by atoms with Crippen LogP contribution in [0.4, 0.5) is 0 Å². The molecule has 49 heavy (non-hydrogen) atoms. The van der Waals surface area contributed by atoms with Crippen molar-refractivity contribution in [2.75, 3.05) is 0 Å². The van der Waals surface area contributed by atoms with E-state index >= 15 is 0 Å². The predicted octanol–water partition coefficient (Wildman–Crippen LogP) is 7.98. The summed E-state index contributed by atoms with van der Waals surface area (Å²) in [5.41, 5.74) is 6.93. The maximum Gasteiger partial charge on any atom is 0.343 e. The molecule has 0 saturated carbocycles. The Labute approximate surface area is 301 Å². The Balaban J connectivity index is 1.11. The Morgan fingerprint density at radius 3 is 1.35 bits per heavy atom. The van der Waals surface area contributed by atoms with E-state index in [1.807, 2.05) is 12.1 Å². The second kappa shape index (κ2) is 19.8. The van der Waals surface area contributed by atoms with Crippen molar-refractivity contribution in [2.24, 2.45) is 10.2 Å². The first kappa shape index (κ1) is 36.9. The molecule has 0 radical (unpaired) electrons. The van der Waals surface area contributed by atoms with Gasteiger partial charge in [0.2, 0.25) is 11.8 Å². The lowest BCUT2D eigenvalue weighted by molar-refractivity contribution is -0.121. The Bertz CT molecular complexity index is 1670. The maximum absolute atomic E-state index is 12.5. The second-order valence-corrected chi connectivity index (χ2v) is 12.6. The Kier molecular flexibility index (Phi) is 14.9. The van der Waals surface area contributed by atoms with Gasteiger partial charge in [-0.3, -0.25) is 9.59 Å². The number of halogens is 2. The van der Waals surface area contributed by atoms with Crippen LogP contribution in [0.1, 0.15) is 76.8 Å². The van der Waals surface area contributed by atoms with Crippen molar-refractivity contribution in [1.82, 2.24) is 10.9 Å². The molecule has 0 saturated heterocycles. The number of amides is 2. The van der Waals surface area contributed by atoms with Crippen LogP contribution in [0.15, 0.2) is 116 Å². The fraction of sp³-hybridized carbons (Fsp3) is 0.189. The molecule has 0 unspecified atom stereocenters. The number of carbonyl (C=O) groups excluding carboxylic acids is 4. The molecule has 0 aromatic heterocycles. The summed E-state index contributed by atoms with van der Waals surface area (Å²) < 4.78 is 12.6. The number of esters is 2. The van der Waals surface area contributed by atoms with Gasteiger partial charge in [0.15, 0.2) is 0 Å². The number of hydrogen-bond acceptors (Lipinski definition) is 8. The van der Waals surface area contributed by atoms with Crippen LogP contribution >= 0.6 is 31.9 Å². The highest BCUT2D eigenvalue weighted by Crippen LogP contribution is 2.24. The van der Waals surface area contributed by atoms with Crippen molar-refractivity contribution in [3.63, 3.8) is 0 Å². The SMILES string of the molecule is O=C(CCCCCCCC(=O)N/N=C\c1cc(Br)ccc1OC(=O)c1ccccc1)N/N=C\c1cc(Br)ccc1OC(=O)c1ccccc1. The van der Waals surface area contributed by atoms with E-state index in [1.165, 1.54) is 12.4 Å². The summed E-state index contributed by atoms with van der Waals surface area (Å²) in [7, 11) is 0. The lowest BCUT2D eigenvalue weighted by atomic mass is 10.1. The zero-order valence-electron chi connectivity index (χ0n) is 26.4. The van der Waals surface area contributed by atoms with E-state index in [2.05, 4.69) is 52.9 Å². The van der Waals surface area contributed by atoms with Crippen molar-refractivity contribution in [1.29, 1.82) is 0 Å². The normalized spacial score (nSPS) is 11.0. The minimum atomic E-state index is -0.494. The van der Waals surface area contributed by atoms with Crippen LogP contribution in [0, 0.1) is 0 Å².